The van der Waals surface area contributed by atoms with Crippen LogP contribution in [0.2, 0.25) is 5.02 Å². The van der Waals surface area contributed by atoms with Crippen molar-refractivity contribution in [1.82, 2.24) is 9.88 Å². The second-order valence-electron chi connectivity index (χ2n) is 10.3. The van der Waals surface area contributed by atoms with Gasteiger partial charge in [-0.25, -0.2) is 0 Å². The van der Waals surface area contributed by atoms with Crippen LogP contribution in [0, 0.1) is 11.3 Å². The molecule has 38 heavy (non-hydrogen) atoms. The van der Waals surface area contributed by atoms with E-state index in [0.29, 0.717) is 60.9 Å². The van der Waals surface area contributed by atoms with E-state index in [1.165, 1.54) is 0 Å². The zero-order valence-electron chi connectivity index (χ0n) is 21.9. The number of aliphatic hydroxyl groups excluding tert-OH is 2. The standard InChI is InChI=1S/C30H35ClN4O3/c1-21(37)3-4-22-5-10-28(24(15-22)17-32)35-14-13-34(18-29(35)23-6-8-26(31)9-7-23)20-30(2,38)25-11-12-33-27(16-25)19-36/h5-12,15-16,21,29,36-38H,3-4,13-14,18-20H2,1-2H3/t21-,29-,30+/m0/s1. The summed E-state index contributed by atoms with van der Waals surface area (Å²) in [4.78, 5) is 8.63. The van der Waals surface area contributed by atoms with Crippen molar-refractivity contribution in [3.05, 3.63) is 93.8 Å². The maximum absolute atomic E-state index is 11.4. The molecular weight excluding hydrogens is 500 g/mol. The van der Waals surface area contributed by atoms with Gasteiger partial charge in [0.1, 0.15) is 6.07 Å². The molecule has 3 N–H and O–H groups in total. The highest BCUT2D eigenvalue weighted by molar-refractivity contribution is 6.30. The predicted octanol–water partition coefficient (Wildman–Crippen LogP) is 4.18. The lowest BCUT2D eigenvalue weighted by atomic mass is 9.93. The second-order valence-corrected chi connectivity index (χ2v) is 10.8. The van der Waals surface area contributed by atoms with E-state index in [1.807, 2.05) is 42.5 Å². The summed E-state index contributed by atoms with van der Waals surface area (Å²) in [7, 11) is 0. The third kappa shape index (κ3) is 6.71. The Morgan fingerprint density at radius 1 is 1.16 bits per heavy atom. The van der Waals surface area contributed by atoms with Crippen LogP contribution in [0.5, 0.6) is 0 Å². The molecule has 1 saturated heterocycles. The van der Waals surface area contributed by atoms with E-state index >= 15 is 0 Å². The fourth-order valence-corrected chi connectivity index (χ4v) is 5.25. The number of halogens is 1. The van der Waals surface area contributed by atoms with Crippen molar-refractivity contribution in [1.29, 1.82) is 5.26 Å². The lowest BCUT2D eigenvalue weighted by Crippen LogP contribution is -2.52. The van der Waals surface area contributed by atoms with E-state index in [0.717, 1.165) is 16.8 Å². The molecule has 1 aliphatic rings. The third-order valence-corrected chi connectivity index (χ3v) is 7.44. The molecule has 3 aromatic rings. The van der Waals surface area contributed by atoms with Crippen LogP contribution in [0.15, 0.2) is 60.8 Å². The second kappa shape index (κ2) is 12.2. The Labute approximate surface area is 229 Å². The molecule has 2 aromatic carbocycles. The van der Waals surface area contributed by atoms with Crippen molar-refractivity contribution < 1.29 is 15.3 Å². The van der Waals surface area contributed by atoms with Crippen LogP contribution >= 0.6 is 11.6 Å². The zero-order chi connectivity index (χ0) is 27.3. The Balaban J connectivity index is 1.61. The number of aryl methyl sites for hydroxylation is 1. The normalized spacial score (nSPS) is 18.6. The quantitative estimate of drug-likeness (QED) is 0.378. The summed E-state index contributed by atoms with van der Waals surface area (Å²) in [5, 5.41) is 41.2. The van der Waals surface area contributed by atoms with Crippen molar-refractivity contribution in [3.63, 3.8) is 0 Å². The molecule has 200 valence electrons. The summed E-state index contributed by atoms with van der Waals surface area (Å²) in [5.41, 5.74) is 3.69. The van der Waals surface area contributed by atoms with E-state index in [-0.39, 0.29) is 18.8 Å². The van der Waals surface area contributed by atoms with Crippen LogP contribution in [0.25, 0.3) is 0 Å². The summed E-state index contributed by atoms with van der Waals surface area (Å²) >= 11 is 6.19. The van der Waals surface area contributed by atoms with Crippen LogP contribution in [0.4, 0.5) is 5.69 Å². The molecular formula is C30H35ClN4O3. The number of nitrogens with zero attached hydrogens (tertiary/aromatic N) is 4. The van der Waals surface area contributed by atoms with Gasteiger partial charge in [0.25, 0.3) is 0 Å². The largest absolute Gasteiger partial charge is 0.393 e. The highest BCUT2D eigenvalue weighted by atomic mass is 35.5. The number of nitriles is 1. The minimum absolute atomic E-state index is 0.0577. The molecule has 2 heterocycles. The number of piperazine rings is 1. The fourth-order valence-electron chi connectivity index (χ4n) is 5.12. The van der Waals surface area contributed by atoms with E-state index in [9.17, 15) is 20.6 Å². The number of hydrogen-bond acceptors (Lipinski definition) is 7. The molecule has 1 aromatic heterocycles. The maximum Gasteiger partial charge on any atom is 0.101 e. The van der Waals surface area contributed by atoms with Crippen molar-refractivity contribution in [3.8, 4) is 6.07 Å². The molecule has 0 spiro atoms. The fraction of sp³-hybridized carbons (Fsp3) is 0.400. The molecule has 1 aliphatic heterocycles. The van der Waals surface area contributed by atoms with Gasteiger partial charge in [-0.05, 0) is 79.8 Å². The van der Waals surface area contributed by atoms with Crippen molar-refractivity contribution in [2.45, 2.75) is 51.0 Å². The first-order valence-corrected chi connectivity index (χ1v) is 13.3. The molecule has 0 bridgehead atoms. The SMILES string of the molecule is C[C@H](O)CCc1ccc(N2CCN(C[C@@](C)(O)c3ccnc(CO)c3)C[C@H]2c2ccc(Cl)cc2)c(C#N)c1. The molecule has 8 heteroatoms. The Morgan fingerprint density at radius 3 is 2.61 bits per heavy atom. The number of benzene rings is 2. The molecule has 0 radical (unpaired) electrons. The van der Waals surface area contributed by atoms with E-state index in [1.54, 1.807) is 32.2 Å². The molecule has 4 rings (SSSR count). The van der Waals surface area contributed by atoms with Crippen LogP contribution in [-0.4, -0.2) is 57.5 Å². The summed E-state index contributed by atoms with van der Waals surface area (Å²) in [5.74, 6) is 0. The van der Waals surface area contributed by atoms with Crippen molar-refractivity contribution in [2.75, 3.05) is 31.1 Å². The molecule has 0 amide bonds. The number of β-amino-alcohol motifs (C(OH)–C–C–N with tert-alkyl or cyclic N) is 1. The molecule has 0 aliphatic carbocycles. The maximum atomic E-state index is 11.4. The Kier molecular flexibility index (Phi) is 9.03. The highest BCUT2D eigenvalue weighted by Gasteiger charge is 2.34. The van der Waals surface area contributed by atoms with Crippen LogP contribution in [-0.2, 0) is 18.6 Å². The lowest BCUT2D eigenvalue weighted by Gasteiger charge is -2.45. The third-order valence-electron chi connectivity index (χ3n) is 7.19. The van der Waals surface area contributed by atoms with Gasteiger partial charge in [-0.1, -0.05) is 29.8 Å². The minimum atomic E-state index is -1.14. The van der Waals surface area contributed by atoms with Gasteiger partial charge < -0.3 is 20.2 Å². The highest BCUT2D eigenvalue weighted by Crippen LogP contribution is 2.35. The van der Waals surface area contributed by atoms with E-state index in [4.69, 9.17) is 11.6 Å². The summed E-state index contributed by atoms with van der Waals surface area (Å²) < 4.78 is 0. The van der Waals surface area contributed by atoms with E-state index < -0.39 is 5.60 Å². The first-order chi connectivity index (χ1) is 18.2. The van der Waals surface area contributed by atoms with Crippen LogP contribution in [0.1, 0.15) is 54.3 Å². The molecule has 0 saturated carbocycles. The molecule has 7 nitrogen and oxygen atoms in total. The Hall–Kier alpha value is -2.99. The number of hydrogen-bond donors (Lipinski definition) is 3. The summed E-state index contributed by atoms with van der Waals surface area (Å²) in [6.07, 6.45) is 2.58. The van der Waals surface area contributed by atoms with Crippen molar-refractivity contribution in [2.24, 2.45) is 0 Å². The lowest BCUT2D eigenvalue weighted by molar-refractivity contribution is 0.0101. The number of aliphatic hydroxyl groups is 3. The van der Waals surface area contributed by atoms with Gasteiger partial charge in [0.05, 0.1) is 41.3 Å². The topological polar surface area (TPSA) is 104 Å². The van der Waals surface area contributed by atoms with Gasteiger partial charge in [0.2, 0.25) is 0 Å². The first kappa shape index (κ1) is 28.0. The summed E-state index contributed by atoms with van der Waals surface area (Å²) in [6.45, 7) is 5.80. The zero-order valence-corrected chi connectivity index (χ0v) is 22.6. The van der Waals surface area contributed by atoms with Gasteiger partial charge >= 0.3 is 0 Å². The monoisotopic (exact) mass is 534 g/mol. The number of aromatic nitrogens is 1. The average molecular weight is 535 g/mol. The Bertz CT molecular complexity index is 1270. The summed E-state index contributed by atoms with van der Waals surface area (Å²) in [6, 6.07) is 19.6. The number of anilines is 1. The number of rotatable bonds is 9. The van der Waals surface area contributed by atoms with Gasteiger partial charge in [-0.2, -0.15) is 5.26 Å². The van der Waals surface area contributed by atoms with Gasteiger partial charge in [-0.15, -0.1) is 0 Å². The predicted molar refractivity (Wildman–Crippen MR) is 149 cm³/mol. The van der Waals surface area contributed by atoms with Gasteiger partial charge in [0, 0.05) is 37.4 Å². The molecule has 3 atom stereocenters. The van der Waals surface area contributed by atoms with Gasteiger partial charge in [0.15, 0.2) is 0 Å². The van der Waals surface area contributed by atoms with Gasteiger partial charge in [-0.3, -0.25) is 9.88 Å². The number of pyridine rings is 1. The molecule has 1 fully saturated rings. The Morgan fingerprint density at radius 2 is 1.92 bits per heavy atom. The van der Waals surface area contributed by atoms with Crippen molar-refractivity contribution >= 4 is 17.3 Å². The molecule has 0 unspecified atom stereocenters. The minimum Gasteiger partial charge on any atom is -0.393 e. The van der Waals surface area contributed by atoms with Crippen LogP contribution < -0.4 is 4.90 Å². The average Bonchev–Trinajstić information content (AvgIpc) is 2.92. The van der Waals surface area contributed by atoms with E-state index in [2.05, 4.69) is 20.9 Å². The van der Waals surface area contributed by atoms with Crippen LogP contribution in [0.3, 0.4) is 0 Å². The first-order valence-electron chi connectivity index (χ1n) is 12.9. The smallest absolute Gasteiger partial charge is 0.101 e.